The van der Waals surface area contributed by atoms with Gasteiger partial charge in [-0.3, -0.25) is 52.7 Å². The summed E-state index contributed by atoms with van der Waals surface area (Å²) in [5, 5.41) is 29.9. The molecule has 2 aromatic heterocycles. The molecule has 17 N–H and O–H groups in total. The molecule has 29 nitrogen and oxygen atoms in total. The topological polar surface area (TPSA) is 429 Å². The Morgan fingerprint density at radius 2 is 0.941 bits per heavy atom. The van der Waals surface area contributed by atoms with Crippen LogP contribution in [0.1, 0.15) is 276 Å². The van der Waals surface area contributed by atoms with Gasteiger partial charge in [0.05, 0.1) is 12.9 Å². The number of rotatable bonds is 67. The van der Waals surface area contributed by atoms with E-state index in [1.54, 1.807) is 36.5 Å². The standard InChI is InChI=1S/C89H143N17O12/c1-5-8-11-13-15-17-19-21-23-25-27-29-31-33-38-52-77(107)93-55-44-57-95-86(116)88-105-106(89(118-88)87(117)96-58-45-56-94-78(108)53-39-34-32-30-28-26-24-22-20-18-16-14-12-9-6-2)64-79(109)100-72(49-10-7-3)82(112)99-66(4)81(111)103-76(61-69-63-92-65-98-69)85(115)104-75(59-67-46-36-35-37-47-67)84(114)101-73(51-42-43-54-90)83(113)102-74(80(91)110)60-68-62-97-71-50-41-40-48-70(68)71/h21-24,35-37,40-41,46-48,50,62-63,65-66,72-76,88-89,97,105H,5-20,25-34,38-39,42-45,49,51-61,64,90H2,1-4H3,(H2,91,110)(H,92,98)(H,93,107)(H,94,108)(H,95,116)(H,96,117)(H,99,112)(H,100,109)(H,101,114)(H,102,113)(H,103,111)(H,104,115)/b23-21+,24-22+/t66-,72-,73-,74-,75+,76-,88?,89?/m0/s1. The van der Waals surface area contributed by atoms with Gasteiger partial charge < -0.3 is 79.3 Å². The van der Waals surface area contributed by atoms with Gasteiger partial charge in [-0.15, -0.1) is 0 Å². The van der Waals surface area contributed by atoms with Gasteiger partial charge in [-0.1, -0.05) is 209 Å². The minimum absolute atomic E-state index is 0.0550. The number of aromatic nitrogens is 3. The molecule has 8 atom stereocenters. The number of carbonyl (C=O) groups excluding carboxylic acids is 11. The molecular formula is C89H143N17O12. The fraction of sp³-hybridized carbons (Fsp3) is 0.640. The number of para-hydroxylation sites is 1. The average Bonchev–Trinajstić information content (AvgIpc) is 1.65. The lowest BCUT2D eigenvalue weighted by Crippen LogP contribution is -2.60. The van der Waals surface area contributed by atoms with Crippen LogP contribution in [-0.4, -0.2) is 173 Å². The van der Waals surface area contributed by atoms with Crippen molar-refractivity contribution < 1.29 is 57.5 Å². The molecule has 1 fully saturated rings. The number of ether oxygens (including phenoxy) is 1. The summed E-state index contributed by atoms with van der Waals surface area (Å²) >= 11 is 0. The molecule has 0 aliphatic carbocycles. The first-order valence-electron chi connectivity index (χ1n) is 44.3. The third-order valence-corrected chi connectivity index (χ3v) is 21.0. The minimum atomic E-state index is -1.52. The molecule has 1 aliphatic heterocycles. The van der Waals surface area contributed by atoms with Gasteiger partial charge in [0.15, 0.2) is 0 Å². The number of nitrogens with one attached hydrogen (secondary N) is 13. The molecular weight excluding hydrogens is 1500 g/mol. The number of allylic oxidation sites excluding steroid dienone is 4. The number of imidazole rings is 1. The number of nitrogens with zero attached hydrogens (tertiary/aromatic N) is 2. The normalized spacial score (nSPS) is 15.0. The summed E-state index contributed by atoms with van der Waals surface area (Å²) < 4.78 is 6.00. The zero-order chi connectivity index (χ0) is 85.2. The number of hydrogen-bond acceptors (Lipinski definition) is 16. The van der Waals surface area contributed by atoms with Gasteiger partial charge in [-0.2, -0.15) is 5.01 Å². The van der Waals surface area contributed by atoms with Gasteiger partial charge in [0.1, 0.15) is 36.3 Å². The van der Waals surface area contributed by atoms with Crippen molar-refractivity contribution in [3.63, 3.8) is 0 Å². The Balaban J connectivity index is 1.18. The number of carbonyl (C=O) groups is 11. The van der Waals surface area contributed by atoms with Crippen molar-refractivity contribution >= 4 is 75.9 Å². The van der Waals surface area contributed by atoms with Crippen molar-refractivity contribution in [3.8, 4) is 0 Å². The second-order valence-electron chi connectivity index (χ2n) is 31.2. The molecule has 11 amide bonds. The molecule has 5 rings (SSSR count). The van der Waals surface area contributed by atoms with Crippen LogP contribution < -0.4 is 70.1 Å². The Labute approximate surface area is 700 Å². The van der Waals surface area contributed by atoms with Crippen LogP contribution in [0.4, 0.5) is 0 Å². The number of fused-ring (bicyclic) bond motifs is 1. The van der Waals surface area contributed by atoms with Gasteiger partial charge >= 0.3 is 0 Å². The first kappa shape index (κ1) is 99.2. The molecule has 3 heterocycles. The average molecular weight is 1640 g/mol. The minimum Gasteiger partial charge on any atom is -0.368 e. The van der Waals surface area contributed by atoms with Crippen LogP contribution in [0.2, 0.25) is 0 Å². The van der Waals surface area contributed by atoms with Gasteiger partial charge in [-0.25, -0.2) is 10.4 Å². The van der Waals surface area contributed by atoms with E-state index in [9.17, 15) is 52.7 Å². The predicted molar refractivity (Wildman–Crippen MR) is 462 cm³/mol. The fourth-order valence-electron chi connectivity index (χ4n) is 14.0. The van der Waals surface area contributed by atoms with Gasteiger partial charge in [0.25, 0.3) is 11.8 Å². The van der Waals surface area contributed by atoms with E-state index in [2.05, 4.69) is 112 Å². The van der Waals surface area contributed by atoms with Gasteiger partial charge in [-0.05, 0) is 133 Å². The van der Waals surface area contributed by atoms with Crippen LogP contribution in [0.25, 0.3) is 10.9 Å². The Bertz CT molecular complexity index is 3610. The smallest absolute Gasteiger partial charge is 0.265 e. The van der Waals surface area contributed by atoms with E-state index in [1.807, 2.05) is 31.2 Å². The third kappa shape index (κ3) is 41.9. The molecule has 0 radical (unpaired) electrons. The largest absolute Gasteiger partial charge is 0.368 e. The second kappa shape index (κ2) is 61.0. The highest BCUT2D eigenvalue weighted by Gasteiger charge is 2.42. The number of hydrazine groups is 1. The van der Waals surface area contributed by atoms with Crippen LogP contribution in [-0.2, 0) is 76.7 Å². The maximum atomic E-state index is 14.7. The zero-order valence-corrected chi connectivity index (χ0v) is 71.1. The SMILES string of the molecule is CCCCCCCC/C=C/CCCCCCCC(=O)NCCCNC(=O)C1NN(CC(=O)N[C@@H](CCCC)C(=O)N[C@@H](C)C(=O)N[C@@H](Cc2cnc[nH]2)C(=O)N[C@H](Cc2ccccc2)C(=O)N[C@@H](CCCCN)C(=O)N[C@@H](Cc2c[nH]c3ccccc23)C(N)=O)C(C(=O)NCCCNC(=O)CCCCCCC/C=C/CCCCCCCC)O1. The molecule has 1 aliphatic rings. The molecule has 0 spiro atoms. The maximum absolute atomic E-state index is 14.7. The molecule has 118 heavy (non-hydrogen) atoms. The number of nitrogens with two attached hydrogens (primary N) is 2. The van der Waals surface area contributed by atoms with Crippen LogP contribution in [0.3, 0.4) is 0 Å². The second-order valence-corrected chi connectivity index (χ2v) is 31.2. The lowest BCUT2D eigenvalue weighted by Gasteiger charge is -2.27. The molecule has 1 saturated heterocycles. The van der Waals surface area contributed by atoms with E-state index in [1.165, 1.54) is 96.5 Å². The van der Waals surface area contributed by atoms with Crippen LogP contribution in [0.15, 0.2) is 97.6 Å². The van der Waals surface area contributed by atoms with Crippen LogP contribution >= 0.6 is 0 Å². The van der Waals surface area contributed by atoms with Crippen LogP contribution in [0, 0.1) is 0 Å². The fourth-order valence-corrected chi connectivity index (χ4v) is 14.0. The molecule has 4 aromatic rings. The molecule has 2 aromatic carbocycles. The van der Waals surface area contributed by atoms with Crippen molar-refractivity contribution in [2.24, 2.45) is 11.5 Å². The molecule has 29 heteroatoms. The summed E-state index contributed by atoms with van der Waals surface area (Å²) in [6.45, 7) is 8.35. The highest BCUT2D eigenvalue weighted by molar-refractivity contribution is 5.98. The summed E-state index contributed by atoms with van der Waals surface area (Å²) in [5.74, 6) is -6.82. The molecule has 0 saturated carbocycles. The summed E-state index contributed by atoms with van der Waals surface area (Å²) in [6.07, 6.45) is 44.7. The van der Waals surface area contributed by atoms with E-state index in [0.717, 1.165) is 111 Å². The number of primary amides is 1. The van der Waals surface area contributed by atoms with E-state index in [0.29, 0.717) is 82.3 Å². The number of unbranched alkanes of at least 4 members (excludes halogenated alkanes) is 24. The predicted octanol–water partition coefficient (Wildman–Crippen LogP) is 9.46. The van der Waals surface area contributed by atoms with E-state index in [4.69, 9.17) is 16.2 Å². The van der Waals surface area contributed by atoms with Gasteiger partial charge in [0, 0.05) is 87.3 Å². The number of H-pyrrole nitrogens is 2. The van der Waals surface area contributed by atoms with Crippen molar-refractivity contribution in [2.75, 3.05) is 39.3 Å². The Kier molecular flexibility index (Phi) is 51.3. The Morgan fingerprint density at radius 1 is 0.466 bits per heavy atom. The highest BCUT2D eigenvalue weighted by atomic mass is 16.6. The first-order chi connectivity index (χ1) is 57.3. The summed E-state index contributed by atoms with van der Waals surface area (Å²) in [4.78, 5) is 163. The number of hydrogen-bond donors (Lipinski definition) is 15. The Hall–Kier alpha value is -9.32. The Morgan fingerprint density at radius 3 is 1.50 bits per heavy atom. The van der Waals surface area contributed by atoms with E-state index >= 15 is 0 Å². The zero-order valence-electron chi connectivity index (χ0n) is 71.1. The van der Waals surface area contributed by atoms with Crippen molar-refractivity contribution in [1.29, 1.82) is 0 Å². The molecule has 2 unspecified atom stereocenters. The van der Waals surface area contributed by atoms with Crippen molar-refractivity contribution in [3.05, 3.63) is 114 Å². The van der Waals surface area contributed by atoms with E-state index < -0.39 is 108 Å². The lowest BCUT2D eigenvalue weighted by atomic mass is 10.0. The van der Waals surface area contributed by atoms with Gasteiger partial charge in [0.2, 0.25) is 65.6 Å². The lowest BCUT2D eigenvalue weighted by molar-refractivity contribution is -0.144. The summed E-state index contributed by atoms with van der Waals surface area (Å²) in [7, 11) is 0. The van der Waals surface area contributed by atoms with E-state index in [-0.39, 0.29) is 57.0 Å². The van der Waals surface area contributed by atoms with Crippen LogP contribution in [0.5, 0.6) is 0 Å². The monoisotopic (exact) mass is 1640 g/mol. The van der Waals surface area contributed by atoms with Crippen molar-refractivity contribution in [2.45, 2.75) is 327 Å². The number of benzene rings is 2. The van der Waals surface area contributed by atoms with Crippen molar-refractivity contribution in [1.82, 2.24) is 78.6 Å². The summed E-state index contributed by atoms with van der Waals surface area (Å²) in [6, 6.07) is 8.64. The number of aromatic amines is 2. The highest BCUT2D eigenvalue weighted by Crippen LogP contribution is 2.21. The number of amides is 11. The quantitative estimate of drug-likeness (QED) is 0.0144. The summed E-state index contributed by atoms with van der Waals surface area (Å²) in [5.41, 5.74) is 17.2. The first-order valence-corrected chi connectivity index (χ1v) is 44.3. The molecule has 656 valence electrons. The third-order valence-electron chi connectivity index (χ3n) is 21.0. The maximum Gasteiger partial charge on any atom is 0.265 e. The molecule has 0 bridgehead atoms.